The van der Waals surface area contributed by atoms with Gasteiger partial charge in [0.05, 0.1) is 18.2 Å². The van der Waals surface area contributed by atoms with Gasteiger partial charge in [-0.3, -0.25) is 4.79 Å². The first-order chi connectivity index (χ1) is 10.7. The fourth-order valence-electron chi connectivity index (χ4n) is 2.75. The highest BCUT2D eigenvalue weighted by Crippen LogP contribution is 2.34. The molecule has 0 radical (unpaired) electrons. The summed E-state index contributed by atoms with van der Waals surface area (Å²) < 4.78 is 15.5. The molecule has 0 saturated carbocycles. The number of amides is 1. The smallest absolute Gasteiger partial charge is 0.221 e. The van der Waals surface area contributed by atoms with E-state index in [2.05, 4.69) is 5.32 Å². The molecule has 136 valence electrons. The lowest BCUT2D eigenvalue weighted by Crippen LogP contribution is -2.67. The maximum Gasteiger partial charge on any atom is 0.221 e. The van der Waals surface area contributed by atoms with Crippen molar-refractivity contribution in [1.82, 2.24) is 5.32 Å². The fraction of sp³-hybridized carbons (Fsp3) is 0.929. The zero-order chi connectivity index (χ0) is 17.8. The van der Waals surface area contributed by atoms with Gasteiger partial charge in [-0.1, -0.05) is 6.92 Å². The highest BCUT2D eigenvalue weighted by atomic mass is 16.7. The van der Waals surface area contributed by atoms with Gasteiger partial charge in [0.1, 0.15) is 6.10 Å². The van der Waals surface area contributed by atoms with Crippen molar-refractivity contribution in [2.45, 2.75) is 56.7 Å². The van der Waals surface area contributed by atoms with Crippen molar-refractivity contribution in [3.05, 3.63) is 0 Å². The van der Waals surface area contributed by atoms with Crippen LogP contribution >= 0.6 is 0 Å². The van der Waals surface area contributed by atoms with Gasteiger partial charge in [-0.2, -0.15) is 0 Å². The van der Waals surface area contributed by atoms with Crippen LogP contribution in [0.4, 0.5) is 0 Å². The molecule has 1 aliphatic heterocycles. The summed E-state index contributed by atoms with van der Waals surface area (Å²) in [5.41, 5.74) is 0. The van der Waals surface area contributed by atoms with E-state index in [4.69, 9.17) is 14.2 Å². The van der Waals surface area contributed by atoms with E-state index in [1.165, 1.54) is 21.1 Å². The molecule has 1 rings (SSSR count). The summed E-state index contributed by atoms with van der Waals surface area (Å²) in [7, 11) is 2.59. The summed E-state index contributed by atoms with van der Waals surface area (Å²) in [5.74, 6) is -3.04. The zero-order valence-corrected chi connectivity index (χ0v) is 13.8. The van der Waals surface area contributed by atoms with Crippen LogP contribution in [0.15, 0.2) is 0 Å². The number of carbonyl (C=O) groups is 1. The molecule has 1 amide bonds. The second kappa shape index (κ2) is 8.34. The SMILES string of the molecule is COC(OC)C1(O)CC(O)C(NC(C)=O)C(C(O)C(C)CO)O1. The Hall–Kier alpha value is -0.810. The van der Waals surface area contributed by atoms with Gasteiger partial charge in [0.25, 0.3) is 0 Å². The van der Waals surface area contributed by atoms with Crippen LogP contribution in [-0.4, -0.2) is 83.6 Å². The summed E-state index contributed by atoms with van der Waals surface area (Å²) in [6.07, 6.45) is -5.11. The average molecular weight is 337 g/mol. The normalized spacial score (nSPS) is 34.2. The molecule has 1 heterocycles. The Labute approximate surface area is 135 Å². The van der Waals surface area contributed by atoms with Crippen LogP contribution < -0.4 is 5.32 Å². The second-order valence-electron chi connectivity index (χ2n) is 5.88. The van der Waals surface area contributed by atoms with Gasteiger partial charge < -0.3 is 40.0 Å². The molecule has 23 heavy (non-hydrogen) atoms. The summed E-state index contributed by atoms with van der Waals surface area (Å²) in [4.78, 5) is 11.4. The molecule has 0 bridgehead atoms. The van der Waals surface area contributed by atoms with Crippen molar-refractivity contribution >= 4 is 5.91 Å². The number of nitrogens with one attached hydrogen (secondary N) is 1. The van der Waals surface area contributed by atoms with Crippen molar-refractivity contribution < 1.29 is 39.4 Å². The zero-order valence-electron chi connectivity index (χ0n) is 13.8. The second-order valence-corrected chi connectivity index (χ2v) is 5.88. The van der Waals surface area contributed by atoms with Gasteiger partial charge in [-0.15, -0.1) is 0 Å². The van der Waals surface area contributed by atoms with Crippen molar-refractivity contribution in [2.24, 2.45) is 5.92 Å². The maximum absolute atomic E-state index is 11.4. The highest BCUT2D eigenvalue weighted by Gasteiger charge is 2.53. The summed E-state index contributed by atoms with van der Waals surface area (Å²) in [5, 5.41) is 43.0. The van der Waals surface area contributed by atoms with E-state index in [0.29, 0.717) is 0 Å². The first kappa shape index (κ1) is 20.2. The number of aliphatic hydroxyl groups excluding tert-OH is 3. The molecular formula is C14H27NO8. The van der Waals surface area contributed by atoms with Crippen molar-refractivity contribution in [3.63, 3.8) is 0 Å². The predicted octanol–water partition coefficient (Wildman–Crippen LogP) is -2.06. The highest BCUT2D eigenvalue weighted by molar-refractivity contribution is 5.73. The Kier molecular flexibility index (Phi) is 7.33. The molecule has 1 fully saturated rings. The third-order valence-electron chi connectivity index (χ3n) is 3.98. The number of aliphatic hydroxyl groups is 4. The Bertz CT molecular complexity index is 391. The number of ether oxygens (including phenoxy) is 3. The molecule has 9 nitrogen and oxygen atoms in total. The quantitative estimate of drug-likeness (QED) is 0.334. The van der Waals surface area contributed by atoms with Gasteiger partial charge in [0.2, 0.25) is 18.0 Å². The van der Waals surface area contributed by atoms with E-state index in [9.17, 15) is 25.2 Å². The van der Waals surface area contributed by atoms with Crippen LogP contribution in [0.25, 0.3) is 0 Å². The largest absolute Gasteiger partial charge is 0.396 e. The molecule has 0 spiro atoms. The van der Waals surface area contributed by atoms with Gasteiger partial charge in [0, 0.05) is 40.1 Å². The lowest BCUT2D eigenvalue weighted by Gasteiger charge is -2.48. The molecule has 0 aromatic heterocycles. The monoisotopic (exact) mass is 337 g/mol. The Balaban J connectivity index is 3.10. The molecule has 6 unspecified atom stereocenters. The summed E-state index contributed by atoms with van der Waals surface area (Å²) in [6, 6.07) is -0.953. The molecular weight excluding hydrogens is 310 g/mol. The maximum atomic E-state index is 11.4. The summed E-state index contributed by atoms with van der Waals surface area (Å²) in [6.45, 7) is 2.50. The van der Waals surface area contributed by atoms with Crippen molar-refractivity contribution in [2.75, 3.05) is 20.8 Å². The van der Waals surface area contributed by atoms with E-state index in [0.717, 1.165) is 0 Å². The molecule has 9 heteroatoms. The molecule has 1 aliphatic rings. The third kappa shape index (κ3) is 4.60. The van der Waals surface area contributed by atoms with E-state index < -0.39 is 48.3 Å². The minimum atomic E-state index is -2.02. The van der Waals surface area contributed by atoms with Crippen molar-refractivity contribution in [1.29, 1.82) is 0 Å². The lowest BCUT2D eigenvalue weighted by molar-refractivity contribution is -0.374. The van der Waals surface area contributed by atoms with Gasteiger partial charge >= 0.3 is 0 Å². The van der Waals surface area contributed by atoms with E-state index in [1.54, 1.807) is 6.92 Å². The summed E-state index contributed by atoms with van der Waals surface area (Å²) >= 11 is 0. The molecule has 6 atom stereocenters. The Morgan fingerprint density at radius 3 is 2.43 bits per heavy atom. The minimum Gasteiger partial charge on any atom is -0.396 e. The van der Waals surface area contributed by atoms with Gasteiger partial charge in [-0.25, -0.2) is 0 Å². The van der Waals surface area contributed by atoms with Crippen LogP contribution in [0, 0.1) is 5.92 Å². The lowest BCUT2D eigenvalue weighted by atomic mass is 9.86. The average Bonchev–Trinajstić information content (AvgIpc) is 2.49. The third-order valence-corrected chi connectivity index (χ3v) is 3.98. The van der Waals surface area contributed by atoms with Gasteiger partial charge in [-0.05, 0) is 0 Å². The number of methoxy groups -OCH3 is 2. The number of hydrogen-bond acceptors (Lipinski definition) is 8. The molecule has 0 aliphatic carbocycles. The number of rotatable bonds is 7. The van der Waals surface area contributed by atoms with Crippen LogP contribution in [-0.2, 0) is 19.0 Å². The van der Waals surface area contributed by atoms with Crippen LogP contribution in [0.3, 0.4) is 0 Å². The van der Waals surface area contributed by atoms with E-state index in [1.807, 2.05) is 0 Å². The van der Waals surface area contributed by atoms with Crippen LogP contribution in [0.2, 0.25) is 0 Å². The molecule has 1 saturated heterocycles. The standard InChI is InChI=1S/C14H27NO8/c1-7(6-16)11(19)12-10(15-8(2)17)9(18)5-14(20,23-12)13(21-3)22-4/h7,9-13,16,18-20H,5-6H2,1-4H3,(H,15,17). The van der Waals surface area contributed by atoms with Gasteiger partial charge in [0.15, 0.2) is 0 Å². The first-order valence-electron chi connectivity index (χ1n) is 7.40. The number of hydrogen-bond donors (Lipinski definition) is 5. The topological polar surface area (TPSA) is 138 Å². The fourth-order valence-corrected chi connectivity index (χ4v) is 2.75. The molecule has 5 N–H and O–H groups in total. The molecule has 0 aromatic carbocycles. The minimum absolute atomic E-state index is 0.291. The number of carbonyl (C=O) groups excluding carboxylic acids is 1. The van der Waals surface area contributed by atoms with Crippen LogP contribution in [0.1, 0.15) is 20.3 Å². The predicted molar refractivity (Wildman–Crippen MR) is 78.1 cm³/mol. The molecule has 0 aromatic rings. The van der Waals surface area contributed by atoms with Crippen molar-refractivity contribution in [3.8, 4) is 0 Å². The first-order valence-corrected chi connectivity index (χ1v) is 7.40. The van der Waals surface area contributed by atoms with E-state index in [-0.39, 0.29) is 13.0 Å². The van der Waals surface area contributed by atoms with Crippen LogP contribution in [0.5, 0.6) is 0 Å². The van der Waals surface area contributed by atoms with E-state index >= 15 is 0 Å². The Morgan fingerprint density at radius 1 is 1.43 bits per heavy atom. The Morgan fingerprint density at radius 2 is 2.00 bits per heavy atom.